The normalized spacial score (nSPS) is 26.4. The van der Waals surface area contributed by atoms with E-state index in [0.29, 0.717) is 12.0 Å². The van der Waals surface area contributed by atoms with Gasteiger partial charge in [0.25, 0.3) is 0 Å². The summed E-state index contributed by atoms with van der Waals surface area (Å²) in [6.45, 7) is 8.36. The maximum Gasteiger partial charge on any atom is 0.307 e. The number of piperidine rings is 1. The molecule has 1 rings (SSSR count). The van der Waals surface area contributed by atoms with Gasteiger partial charge in [-0.1, -0.05) is 13.8 Å². The van der Waals surface area contributed by atoms with E-state index in [2.05, 4.69) is 25.7 Å². The predicted molar refractivity (Wildman–Crippen MR) is 56.2 cm³/mol. The molecule has 0 bridgehead atoms. The van der Waals surface area contributed by atoms with Gasteiger partial charge in [-0.05, 0) is 32.2 Å². The first-order valence-corrected chi connectivity index (χ1v) is 5.49. The third kappa shape index (κ3) is 2.71. The van der Waals surface area contributed by atoms with Crippen LogP contribution < -0.4 is 0 Å². The van der Waals surface area contributed by atoms with Crippen LogP contribution in [0.15, 0.2) is 0 Å². The molecule has 1 aliphatic heterocycles. The van der Waals surface area contributed by atoms with Crippen molar-refractivity contribution in [3.05, 3.63) is 0 Å². The molecule has 1 N–H and O–H groups in total. The van der Waals surface area contributed by atoms with Crippen molar-refractivity contribution in [2.45, 2.75) is 39.7 Å². The van der Waals surface area contributed by atoms with Gasteiger partial charge in [0.05, 0.1) is 5.92 Å². The highest BCUT2D eigenvalue weighted by Gasteiger charge is 2.28. The Balaban J connectivity index is 2.51. The minimum absolute atomic E-state index is 0.148. The Bertz CT molecular complexity index is 203. The van der Waals surface area contributed by atoms with Crippen molar-refractivity contribution >= 4 is 5.97 Å². The molecule has 1 saturated heterocycles. The lowest BCUT2D eigenvalue weighted by molar-refractivity contribution is -0.144. The largest absolute Gasteiger partial charge is 0.481 e. The van der Waals surface area contributed by atoms with Gasteiger partial charge in [-0.15, -0.1) is 0 Å². The van der Waals surface area contributed by atoms with Gasteiger partial charge in [-0.2, -0.15) is 0 Å². The zero-order valence-corrected chi connectivity index (χ0v) is 9.36. The van der Waals surface area contributed by atoms with E-state index in [9.17, 15) is 4.79 Å². The summed E-state index contributed by atoms with van der Waals surface area (Å²) in [5, 5.41) is 8.95. The van der Waals surface area contributed by atoms with Gasteiger partial charge < -0.3 is 5.11 Å². The summed E-state index contributed by atoms with van der Waals surface area (Å²) in [5.74, 6) is -0.182. The fourth-order valence-corrected chi connectivity index (χ4v) is 2.00. The molecule has 0 radical (unpaired) electrons. The zero-order valence-electron chi connectivity index (χ0n) is 9.36. The molecule has 14 heavy (non-hydrogen) atoms. The van der Waals surface area contributed by atoms with E-state index in [1.54, 1.807) is 0 Å². The smallest absolute Gasteiger partial charge is 0.307 e. The summed E-state index contributed by atoms with van der Waals surface area (Å²) in [4.78, 5) is 13.2. The van der Waals surface area contributed by atoms with Gasteiger partial charge in [0, 0.05) is 12.6 Å². The summed E-state index contributed by atoms with van der Waals surface area (Å²) >= 11 is 0. The number of hydrogen-bond donors (Lipinski definition) is 1. The van der Waals surface area contributed by atoms with Crippen LogP contribution in [0.3, 0.4) is 0 Å². The summed E-state index contributed by atoms with van der Waals surface area (Å²) in [5.41, 5.74) is 0. The first-order valence-electron chi connectivity index (χ1n) is 5.49. The van der Waals surface area contributed by atoms with Gasteiger partial charge in [0.1, 0.15) is 0 Å². The number of carboxylic acid groups (broad SMARTS) is 1. The zero-order chi connectivity index (χ0) is 10.7. The second-order valence-corrected chi connectivity index (χ2v) is 4.66. The van der Waals surface area contributed by atoms with Crippen molar-refractivity contribution in [3.8, 4) is 0 Å². The maximum absolute atomic E-state index is 10.9. The standard InChI is InChI=1S/C11H21NO2/c1-8(2)9(3)12-6-4-5-10(7-12)11(13)14/h8-10H,4-7H2,1-3H3,(H,13,14)/t9-,10?/m1/s1. The minimum atomic E-state index is -0.634. The van der Waals surface area contributed by atoms with Gasteiger partial charge in [0.2, 0.25) is 0 Å². The number of likely N-dealkylation sites (tertiary alicyclic amines) is 1. The number of carbonyl (C=O) groups is 1. The monoisotopic (exact) mass is 199 g/mol. The van der Waals surface area contributed by atoms with Crippen molar-refractivity contribution < 1.29 is 9.90 Å². The molecule has 82 valence electrons. The Morgan fingerprint density at radius 1 is 1.43 bits per heavy atom. The van der Waals surface area contributed by atoms with Crippen LogP contribution in [0.25, 0.3) is 0 Å². The third-order valence-corrected chi connectivity index (χ3v) is 3.34. The van der Waals surface area contributed by atoms with E-state index in [-0.39, 0.29) is 5.92 Å². The fraction of sp³-hybridized carbons (Fsp3) is 0.909. The number of carboxylic acids is 1. The summed E-state index contributed by atoms with van der Waals surface area (Å²) in [6.07, 6.45) is 1.87. The summed E-state index contributed by atoms with van der Waals surface area (Å²) < 4.78 is 0. The van der Waals surface area contributed by atoms with Crippen LogP contribution >= 0.6 is 0 Å². The lowest BCUT2D eigenvalue weighted by Gasteiger charge is -2.37. The molecule has 3 nitrogen and oxygen atoms in total. The Kier molecular flexibility index (Phi) is 3.93. The van der Waals surface area contributed by atoms with Crippen molar-refractivity contribution in [2.75, 3.05) is 13.1 Å². The summed E-state index contributed by atoms with van der Waals surface area (Å²) in [7, 11) is 0. The van der Waals surface area contributed by atoms with Crippen LogP contribution in [0.5, 0.6) is 0 Å². The van der Waals surface area contributed by atoms with Gasteiger partial charge >= 0.3 is 5.97 Å². The van der Waals surface area contributed by atoms with Gasteiger partial charge in [-0.25, -0.2) is 0 Å². The lowest BCUT2D eigenvalue weighted by atomic mass is 9.94. The Hall–Kier alpha value is -0.570. The van der Waals surface area contributed by atoms with E-state index in [1.807, 2.05) is 0 Å². The number of hydrogen-bond acceptors (Lipinski definition) is 2. The average Bonchev–Trinajstić information content (AvgIpc) is 2.16. The lowest BCUT2D eigenvalue weighted by Crippen LogP contribution is -2.45. The van der Waals surface area contributed by atoms with Crippen LogP contribution in [-0.2, 0) is 4.79 Å². The molecule has 1 heterocycles. The first kappa shape index (κ1) is 11.5. The third-order valence-electron chi connectivity index (χ3n) is 3.34. The quantitative estimate of drug-likeness (QED) is 0.754. The van der Waals surface area contributed by atoms with Crippen molar-refractivity contribution in [3.63, 3.8) is 0 Å². The molecular formula is C11H21NO2. The second kappa shape index (κ2) is 4.78. The Labute approximate surface area is 86.1 Å². The van der Waals surface area contributed by atoms with E-state index < -0.39 is 5.97 Å². The van der Waals surface area contributed by atoms with Crippen LogP contribution in [0.1, 0.15) is 33.6 Å². The number of rotatable bonds is 3. The van der Waals surface area contributed by atoms with Crippen LogP contribution in [0.4, 0.5) is 0 Å². The Morgan fingerprint density at radius 2 is 2.07 bits per heavy atom. The highest BCUT2D eigenvalue weighted by atomic mass is 16.4. The topological polar surface area (TPSA) is 40.5 Å². The van der Waals surface area contributed by atoms with Crippen molar-refractivity contribution in [1.82, 2.24) is 4.90 Å². The highest BCUT2D eigenvalue weighted by molar-refractivity contribution is 5.70. The predicted octanol–water partition coefficient (Wildman–Crippen LogP) is 1.83. The van der Waals surface area contributed by atoms with E-state index in [0.717, 1.165) is 25.9 Å². The number of aliphatic carboxylic acids is 1. The molecule has 0 amide bonds. The Morgan fingerprint density at radius 3 is 2.57 bits per heavy atom. The van der Waals surface area contributed by atoms with Crippen molar-refractivity contribution in [1.29, 1.82) is 0 Å². The van der Waals surface area contributed by atoms with E-state index in [1.165, 1.54) is 0 Å². The molecule has 1 aliphatic rings. The second-order valence-electron chi connectivity index (χ2n) is 4.66. The molecule has 0 aromatic heterocycles. The molecule has 0 aliphatic carbocycles. The molecule has 1 unspecified atom stereocenters. The molecule has 3 heteroatoms. The molecular weight excluding hydrogens is 178 g/mol. The van der Waals surface area contributed by atoms with Crippen molar-refractivity contribution in [2.24, 2.45) is 11.8 Å². The molecule has 2 atom stereocenters. The van der Waals surface area contributed by atoms with Crippen LogP contribution in [0, 0.1) is 11.8 Å². The fourth-order valence-electron chi connectivity index (χ4n) is 2.00. The average molecular weight is 199 g/mol. The van der Waals surface area contributed by atoms with Crippen LogP contribution in [-0.4, -0.2) is 35.1 Å². The molecule has 0 saturated carbocycles. The maximum atomic E-state index is 10.9. The highest BCUT2D eigenvalue weighted by Crippen LogP contribution is 2.21. The van der Waals surface area contributed by atoms with Crippen LogP contribution in [0.2, 0.25) is 0 Å². The molecule has 0 aromatic carbocycles. The molecule has 0 spiro atoms. The number of nitrogens with zero attached hydrogens (tertiary/aromatic N) is 1. The van der Waals surface area contributed by atoms with E-state index in [4.69, 9.17) is 5.11 Å². The van der Waals surface area contributed by atoms with Gasteiger partial charge in [-0.3, -0.25) is 9.69 Å². The van der Waals surface area contributed by atoms with Gasteiger partial charge in [0.15, 0.2) is 0 Å². The summed E-state index contributed by atoms with van der Waals surface area (Å²) in [6, 6.07) is 0.497. The SMILES string of the molecule is CC(C)[C@@H](C)N1CCCC(C(=O)O)C1. The first-order chi connectivity index (χ1) is 6.52. The van der Waals surface area contributed by atoms with E-state index >= 15 is 0 Å². The molecule has 0 aromatic rings. The minimum Gasteiger partial charge on any atom is -0.481 e. The molecule has 1 fully saturated rings.